The highest BCUT2D eigenvalue weighted by molar-refractivity contribution is 8.01. The fraction of sp³-hybridized carbons (Fsp3) is 0.214. The third-order valence-electron chi connectivity index (χ3n) is 5.61. The third kappa shape index (κ3) is 8.19. The van der Waals surface area contributed by atoms with E-state index in [4.69, 9.17) is 16.3 Å². The van der Waals surface area contributed by atoms with Crippen LogP contribution in [0.15, 0.2) is 71.1 Å². The second-order valence-corrected chi connectivity index (χ2v) is 11.2. The molecule has 8 nitrogen and oxygen atoms in total. The van der Waals surface area contributed by atoms with Gasteiger partial charge in [-0.1, -0.05) is 59.8 Å². The van der Waals surface area contributed by atoms with Gasteiger partial charge in [-0.05, 0) is 55.3 Å². The van der Waals surface area contributed by atoms with Crippen molar-refractivity contribution in [3.63, 3.8) is 0 Å². The van der Waals surface area contributed by atoms with Crippen LogP contribution in [0.3, 0.4) is 0 Å². The Kier molecular flexibility index (Phi) is 9.80. The molecule has 4 rings (SSSR count). The summed E-state index contributed by atoms with van der Waals surface area (Å²) in [5.74, 6) is -0.210. The summed E-state index contributed by atoms with van der Waals surface area (Å²) in [4.78, 5) is 41.9. The molecule has 0 aliphatic heterocycles. The molecule has 0 radical (unpaired) electrons. The number of amides is 3. The summed E-state index contributed by atoms with van der Waals surface area (Å²) in [6.07, 6.45) is -0.544. The van der Waals surface area contributed by atoms with Gasteiger partial charge in [-0.15, -0.1) is 11.3 Å². The molecule has 0 saturated heterocycles. The predicted octanol–water partition coefficient (Wildman–Crippen LogP) is 6.80. The fourth-order valence-corrected chi connectivity index (χ4v) is 5.82. The molecule has 1 atom stereocenters. The summed E-state index contributed by atoms with van der Waals surface area (Å²) >= 11 is 8.82. The van der Waals surface area contributed by atoms with Crippen molar-refractivity contribution in [3.05, 3.63) is 82.9 Å². The van der Waals surface area contributed by atoms with E-state index in [-0.39, 0.29) is 30.6 Å². The SMILES string of the molecule is CCOC(=O)N[C@@H](CC(=O)Nc1ccc2nc(SCC(=O)Nc3cc(Cl)ccc3C)sc2c1)c1ccccc1. The second-order valence-electron chi connectivity index (χ2n) is 8.54. The molecule has 0 aliphatic rings. The molecule has 3 amide bonds. The minimum absolute atomic E-state index is 0.0336. The monoisotopic (exact) mass is 582 g/mol. The molecule has 4 aromatic rings. The second kappa shape index (κ2) is 13.5. The number of alkyl carbamates (subject to hydrolysis) is 1. The summed E-state index contributed by atoms with van der Waals surface area (Å²) in [7, 11) is 0. The molecule has 3 N–H and O–H groups in total. The highest BCUT2D eigenvalue weighted by Gasteiger charge is 2.19. The summed E-state index contributed by atoms with van der Waals surface area (Å²) < 4.78 is 6.62. The van der Waals surface area contributed by atoms with E-state index in [1.807, 2.05) is 55.5 Å². The van der Waals surface area contributed by atoms with Crippen LogP contribution in [-0.4, -0.2) is 35.3 Å². The largest absolute Gasteiger partial charge is 0.450 e. The zero-order chi connectivity index (χ0) is 27.8. The van der Waals surface area contributed by atoms with E-state index in [1.54, 1.807) is 25.1 Å². The minimum Gasteiger partial charge on any atom is -0.450 e. The predicted molar refractivity (Wildman–Crippen MR) is 158 cm³/mol. The van der Waals surface area contributed by atoms with Crippen LogP contribution in [-0.2, 0) is 14.3 Å². The lowest BCUT2D eigenvalue weighted by atomic mass is 10.0. The van der Waals surface area contributed by atoms with E-state index >= 15 is 0 Å². The van der Waals surface area contributed by atoms with Crippen LogP contribution in [0.5, 0.6) is 0 Å². The van der Waals surface area contributed by atoms with Crippen molar-refractivity contribution < 1.29 is 19.1 Å². The normalized spacial score (nSPS) is 11.6. The van der Waals surface area contributed by atoms with E-state index in [0.717, 1.165) is 25.7 Å². The molecule has 1 heterocycles. The smallest absolute Gasteiger partial charge is 0.407 e. The topological polar surface area (TPSA) is 109 Å². The number of aromatic nitrogens is 1. The molecule has 0 spiro atoms. The Bertz CT molecular complexity index is 1480. The van der Waals surface area contributed by atoms with Gasteiger partial charge in [-0.3, -0.25) is 9.59 Å². The van der Waals surface area contributed by atoms with E-state index in [1.165, 1.54) is 23.1 Å². The first kappa shape index (κ1) is 28.4. The number of carbonyl (C=O) groups excluding carboxylic acids is 3. The average Bonchev–Trinajstić information content (AvgIpc) is 3.32. The molecule has 11 heteroatoms. The zero-order valence-corrected chi connectivity index (χ0v) is 23.7. The molecule has 0 aliphatic carbocycles. The Balaban J connectivity index is 1.36. The zero-order valence-electron chi connectivity index (χ0n) is 21.3. The van der Waals surface area contributed by atoms with Crippen molar-refractivity contribution in [3.8, 4) is 0 Å². The number of aryl methyl sites for hydroxylation is 1. The van der Waals surface area contributed by atoms with Crippen LogP contribution in [0, 0.1) is 6.92 Å². The number of carbonyl (C=O) groups is 3. The van der Waals surface area contributed by atoms with Crippen molar-refractivity contribution in [2.24, 2.45) is 0 Å². The number of thiazole rings is 1. The van der Waals surface area contributed by atoms with Crippen molar-refractivity contribution in [2.45, 2.75) is 30.6 Å². The fourth-order valence-electron chi connectivity index (χ4n) is 3.74. The number of nitrogens with zero attached hydrogens (tertiary/aromatic N) is 1. The Labute approximate surface area is 239 Å². The van der Waals surface area contributed by atoms with E-state index < -0.39 is 12.1 Å². The Morgan fingerprint density at radius 2 is 1.82 bits per heavy atom. The first-order chi connectivity index (χ1) is 18.8. The van der Waals surface area contributed by atoms with Crippen molar-refractivity contribution in [2.75, 3.05) is 23.0 Å². The van der Waals surface area contributed by atoms with Gasteiger partial charge in [-0.2, -0.15) is 0 Å². The summed E-state index contributed by atoms with van der Waals surface area (Å²) in [6, 6.07) is 19.5. The maximum atomic E-state index is 12.9. The number of hydrogen-bond donors (Lipinski definition) is 3. The lowest BCUT2D eigenvalue weighted by molar-refractivity contribution is -0.116. The number of benzene rings is 3. The van der Waals surface area contributed by atoms with Gasteiger partial charge in [0.05, 0.1) is 35.0 Å². The van der Waals surface area contributed by atoms with Gasteiger partial charge in [-0.25, -0.2) is 9.78 Å². The summed E-state index contributed by atoms with van der Waals surface area (Å²) in [6.45, 7) is 3.86. The molecule has 3 aromatic carbocycles. The molecule has 0 fully saturated rings. The van der Waals surface area contributed by atoms with Gasteiger partial charge in [0, 0.05) is 16.4 Å². The molecule has 0 saturated carbocycles. The Hall–Kier alpha value is -3.60. The van der Waals surface area contributed by atoms with Gasteiger partial charge in [0.2, 0.25) is 11.8 Å². The van der Waals surface area contributed by atoms with Gasteiger partial charge >= 0.3 is 6.09 Å². The number of rotatable bonds is 10. The van der Waals surface area contributed by atoms with Crippen LogP contribution in [0.4, 0.5) is 16.2 Å². The van der Waals surface area contributed by atoms with E-state index in [2.05, 4.69) is 20.9 Å². The first-order valence-electron chi connectivity index (χ1n) is 12.2. The number of fused-ring (bicyclic) bond motifs is 1. The third-order valence-corrected chi connectivity index (χ3v) is 8.01. The van der Waals surface area contributed by atoms with Crippen LogP contribution in [0.1, 0.15) is 30.5 Å². The lowest BCUT2D eigenvalue weighted by Gasteiger charge is -2.18. The number of thioether (sulfide) groups is 1. The molecule has 39 heavy (non-hydrogen) atoms. The quantitative estimate of drug-likeness (QED) is 0.177. The number of ether oxygens (including phenoxy) is 1. The molecule has 0 bridgehead atoms. The molecule has 1 aromatic heterocycles. The maximum Gasteiger partial charge on any atom is 0.407 e. The van der Waals surface area contributed by atoms with Gasteiger partial charge in [0.1, 0.15) is 0 Å². The van der Waals surface area contributed by atoms with Crippen LogP contribution in [0.25, 0.3) is 10.2 Å². The molecular weight excluding hydrogens is 556 g/mol. The van der Waals surface area contributed by atoms with Gasteiger partial charge in [0.15, 0.2) is 4.34 Å². The minimum atomic E-state index is -0.577. The molecule has 202 valence electrons. The summed E-state index contributed by atoms with van der Waals surface area (Å²) in [5.41, 5.74) is 3.81. The van der Waals surface area contributed by atoms with Crippen molar-refractivity contribution >= 4 is 74.2 Å². The number of nitrogens with one attached hydrogen (secondary N) is 3. The summed E-state index contributed by atoms with van der Waals surface area (Å²) in [5, 5.41) is 9.10. The van der Waals surface area contributed by atoms with E-state index in [9.17, 15) is 14.4 Å². The molecule has 0 unspecified atom stereocenters. The standard InChI is InChI=1S/C28H27ClN4O4S2/c1-3-37-27(36)32-23(18-7-5-4-6-8-18)15-25(34)30-20-11-12-21-24(14-20)39-28(33-21)38-16-26(35)31-22-13-19(29)10-9-17(22)2/h4-14,23H,3,15-16H2,1-2H3,(H,30,34)(H,31,35)(H,32,36)/t23-/m0/s1. The van der Waals surface area contributed by atoms with Crippen molar-refractivity contribution in [1.82, 2.24) is 10.3 Å². The maximum absolute atomic E-state index is 12.9. The highest BCUT2D eigenvalue weighted by Crippen LogP contribution is 2.32. The Morgan fingerprint density at radius 1 is 1.03 bits per heavy atom. The number of anilines is 2. The van der Waals surface area contributed by atoms with E-state index in [0.29, 0.717) is 16.4 Å². The van der Waals surface area contributed by atoms with Gasteiger partial charge in [0.25, 0.3) is 0 Å². The van der Waals surface area contributed by atoms with Crippen LogP contribution in [0.2, 0.25) is 5.02 Å². The Morgan fingerprint density at radius 3 is 2.59 bits per heavy atom. The highest BCUT2D eigenvalue weighted by atomic mass is 35.5. The van der Waals surface area contributed by atoms with Crippen molar-refractivity contribution in [1.29, 1.82) is 0 Å². The van der Waals surface area contributed by atoms with Crippen LogP contribution >= 0.6 is 34.7 Å². The molecular formula is C28H27ClN4O4S2. The lowest BCUT2D eigenvalue weighted by Crippen LogP contribution is -2.32. The van der Waals surface area contributed by atoms with Crippen LogP contribution < -0.4 is 16.0 Å². The number of halogens is 1. The number of hydrogen-bond acceptors (Lipinski definition) is 7. The van der Waals surface area contributed by atoms with Gasteiger partial charge < -0.3 is 20.7 Å². The average molecular weight is 583 g/mol. The first-order valence-corrected chi connectivity index (χ1v) is 14.4.